The minimum atomic E-state index is 0.168. The number of aromatic nitrogens is 2. The fourth-order valence-corrected chi connectivity index (χ4v) is 3.94. The Bertz CT molecular complexity index is 562. The summed E-state index contributed by atoms with van der Waals surface area (Å²) in [5.74, 6) is 1.34. The fraction of sp³-hybridized carbons (Fsp3) is 0.750. The fourth-order valence-electron chi connectivity index (χ4n) is 3.94. The Balaban J connectivity index is 1.50. The van der Waals surface area contributed by atoms with Gasteiger partial charge in [0.05, 0.1) is 18.1 Å². The molecular formula is C20H33N5O. The van der Waals surface area contributed by atoms with E-state index < -0.39 is 0 Å². The maximum absolute atomic E-state index is 12.5. The molecule has 6 nitrogen and oxygen atoms in total. The van der Waals surface area contributed by atoms with E-state index in [0.29, 0.717) is 5.91 Å². The smallest absolute Gasteiger partial charge is 0.225 e. The normalized spacial score (nSPS) is 18.8. The van der Waals surface area contributed by atoms with Gasteiger partial charge in [-0.15, -0.1) is 0 Å². The van der Waals surface area contributed by atoms with Gasteiger partial charge in [0, 0.05) is 45.7 Å². The number of amides is 1. The van der Waals surface area contributed by atoms with Crippen LogP contribution in [0.1, 0.15) is 51.9 Å². The number of piperidine rings is 2. The van der Waals surface area contributed by atoms with E-state index in [1.165, 1.54) is 19.3 Å². The number of anilines is 2. The second-order valence-electron chi connectivity index (χ2n) is 7.66. The second kappa shape index (κ2) is 9.19. The molecule has 2 aliphatic heterocycles. The van der Waals surface area contributed by atoms with E-state index in [1.54, 1.807) is 0 Å². The number of hydrogen-bond donors (Lipinski definition) is 0. The maximum atomic E-state index is 12.5. The first-order chi connectivity index (χ1) is 12.7. The zero-order chi connectivity index (χ0) is 18.4. The predicted octanol–water partition coefficient (Wildman–Crippen LogP) is 2.94. The Morgan fingerprint density at radius 2 is 1.73 bits per heavy atom. The van der Waals surface area contributed by atoms with E-state index in [4.69, 9.17) is 0 Å². The van der Waals surface area contributed by atoms with Gasteiger partial charge >= 0.3 is 0 Å². The summed E-state index contributed by atoms with van der Waals surface area (Å²) in [5, 5.41) is 0. The van der Waals surface area contributed by atoms with E-state index in [2.05, 4.69) is 26.7 Å². The Hall–Kier alpha value is -1.85. The Kier molecular flexibility index (Phi) is 6.69. The van der Waals surface area contributed by atoms with Crippen molar-refractivity contribution in [3.8, 4) is 0 Å². The second-order valence-corrected chi connectivity index (χ2v) is 7.66. The predicted molar refractivity (Wildman–Crippen MR) is 106 cm³/mol. The Morgan fingerprint density at radius 1 is 1.08 bits per heavy atom. The molecule has 2 aliphatic rings. The molecule has 0 saturated carbocycles. The van der Waals surface area contributed by atoms with Crippen LogP contribution in [-0.4, -0.2) is 60.5 Å². The third-order valence-electron chi connectivity index (χ3n) is 5.70. The van der Waals surface area contributed by atoms with Gasteiger partial charge in [-0.25, -0.2) is 9.97 Å². The number of nitrogens with zero attached hydrogens (tertiary/aromatic N) is 5. The number of unbranched alkanes of at least 4 members (excludes halogenated alkanes) is 1. The lowest BCUT2D eigenvalue weighted by atomic mass is 9.95. The quantitative estimate of drug-likeness (QED) is 0.782. The van der Waals surface area contributed by atoms with Crippen molar-refractivity contribution in [2.24, 2.45) is 5.92 Å². The molecule has 1 aromatic rings. The highest BCUT2D eigenvalue weighted by molar-refractivity contribution is 5.78. The zero-order valence-electron chi connectivity index (χ0n) is 16.4. The van der Waals surface area contributed by atoms with Crippen molar-refractivity contribution in [1.29, 1.82) is 0 Å². The SMILES string of the molecule is CCCCN(C)C(=O)C1CCN(c2cnc(N3CCCCC3)nc2)CC1. The minimum Gasteiger partial charge on any atom is -0.369 e. The highest BCUT2D eigenvalue weighted by Crippen LogP contribution is 2.25. The van der Waals surface area contributed by atoms with Crippen LogP contribution in [0.25, 0.3) is 0 Å². The molecule has 0 radical (unpaired) electrons. The van der Waals surface area contributed by atoms with Crippen LogP contribution in [0, 0.1) is 5.92 Å². The zero-order valence-corrected chi connectivity index (χ0v) is 16.4. The molecule has 6 heteroatoms. The van der Waals surface area contributed by atoms with E-state index in [1.807, 2.05) is 24.3 Å². The summed E-state index contributed by atoms with van der Waals surface area (Å²) >= 11 is 0. The molecule has 2 fully saturated rings. The maximum Gasteiger partial charge on any atom is 0.225 e. The molecule has 144 valence electrons. The van der Waals surface area contributed by atoms with Gasteiger partial charge in [0.25, 0.3) is 0 Å². The Labute approximate surface area is 157 Å². The lowest BCUT2D eigenvalue weighted by molar-refractivity contribution is -0.134. The number of hydrogen-bond acceptors (Lipinski definition) is 5. The van der Waals surface area contributed by atoms with Crippen LogP contribution in [0.5, 0.6) is 0 Å². The number of carbonyl (C=O) groups is 1. The van der Waals surface area contributed by atoms with Crippen LogP contribution >= 0.6 is 0 Å². The standard InChI is InChI=1S/C20H33N5O/c1-3-4-10-23(2)19(26)17-8-13-24(14-9-17)18-15-21-20(22-16-18)25-11-6-5-7-12-25/h15-17H,3-14H2,1-2H3. The van der Waals surface area contributed by atoms with Crippen molar-refractivity contribution in [2.75, 3.05) is 49.6 Å². The van der Waals surface area contributed by atoms with Crippen LogP contribution in [0.15, 0.2) is 12.4 Å². The highest BCUT2D eigenvalue weighted by atomic mass is 16.2. The molecule has 0 unspecified atom stereocenters. The molecule has 3 rings (SSSR count). The summed E-state index contributed by atoms with van der Waals surface area (Å²) in [5.41, 5.74) is 1.08. The average Bonchev–Trinajstić information content (AvgIpc) is 2.72. The van der Waals surface area contributed by atoms with Gasteiger partial charge in [-0.05, 0) is 38.5 Å². The summed E-state index contributed by atoms with van der Waals surface area (Å²) in [6.07, 6.45) is 11.7. The van der Waals surface area contributed by atoms with Crippen molar-refractivity contribution in [1.82, 2.24) is 14.9 Å². The lowest BCUT2D eigenvalue weighted by Crippen LogP contribution is -2.41. The van der Waals surface area contributed by atoms with Gasteiger partial charge < -0.3 is 14.7 Å². The molecule has 0 spiro atoms. The molecule has 0 N–H and O–H groups in total. The third-order valence-corrected chi connectivity index (χ3v) is 5.70. The van der Waals surface area contributed by atoms with Crippen LogP contribution in [0.3, 0.4) is 0 Å². The summed E-state index contributed by atoms with van der Waals surface area (Å²) in [7, 11) is 1.94. The first kappa shape index (κ1) is 18.9. The third kappa shape index (κ3) is 4.65. The first-order valence-corrected chi connectivity index (χ1v) is 10.3. The molecule has 0 aromatic carbocycles. The van der Waals surface area contributed by atoms with Gasteiger partial charge in [-0.2, -0.15) is 0 Å². The monoisotopic (exact) mass is 359 g/mol. The number of carbonyl (C=O) groups excluding carboxylic acids is 1. The molecular weight excluding hydrogens is 326 g/mol. The highest BCUT2D eigenvalue weighted by Gasteiger charge is 2.27. The average molecular weight is 360 g/mol. The summed E-state index contributed by atoms with van der Waals surface area (Å²) in [6.45, 7) is 6.99. The van der Waals surface area contributed by atoms with E-state index in [0.717, 1.165) is 70.0 Å². The van der Waals surface area contributed by atoms with Gasteiger partial charge in [-0.3, -0.25) is 4.79 Å². The lowest BCUT2D eigenvalue weighted by Gasteiger charge is -2.34. The van der Waals surface area contributed by atoms with Crippen molar-refractivity contribution >= 4 is 17.5 Å². The van der Waals surface area contributed by atoms with Crippen LogP contribution < -0.4 is 9.80 Å². The van der Waals surface area contributed by atoms with Crippen molar-refractivity contribution in [3.05, 3.63) is 12.4 Å². The molecule has 26 heavy (non-hydrogen) atoms. The van der Waals surface area contributed by atoms with Gasteiger partial charge in [0.2, 0.25) is 11.9 Å². The van der Waals surface area contributed by atoms with Crippen LogP contribution in [0.4, 0.5) is 11.6 Å². The molecule has 3 heterocycles. The van der Waals surface area contributed by atoms with Crippen molar-refractivity contribution in [2.45, 2.75) is 51.9 Å². The summed E-state index contributed by atoms with van der Waals surface area (Å²) in [6, 6.07) is 0. The molecule has 0 aliphatic carbocycles. The molecule has 1 amide bonds. The molecule has 0 atom stereocenters. The van der Waals surface area contributed by atoms with E-state index >= 15 is 0 Å². The van der Waals surface area contributed by atoms with Gasteiger partial charge in [-0.1, -0.05) is 13.3 Å². The first-order valence-electron chi connectivity index (χ1n) is 10.3. The Morgan fingerprint density at radius 3 is 2.35 bits per heavy atom. The van der Waals surface area contributed by atoms with Gasteiger partial charge in [0.1, 0.15) is 0 Å². The number of rotatable bonds is 6. The summed E-state index contributed by atoms with van der Waals surface area (Å²) in [4.78, 5) is 28.2. The van der Waals surface area contributed by atoms with Crippen LogP contribution in [0.2, 0.25) is 0 Å². The van der Waals surface area contributed by atoms with Crippen molar-refractivity contribution in [3.63, 3.8) is 0 Å². The molecule has 2 saturated heterocycles. The molecule has 1 aromatic heterocycles. The van der Waals surface area contributed by atoms with E-state index in [-0.39, 0.29) is 5.92 Å². The van der Waals surface area contributed by atoms with Crippen LogP contribution in [-0.2, 0) is 4.79 Å². The largest absolute Gasteiger partial charge is 0.369 e. The molecule has 0 bridgehead atoms. The van der Waals surface area contributed by atoms with Gasteiger partial charge in [0.15, 0.2) is 0 Å². The van der Waals surface area contributed by atoms with Crippen molar-refractivity contribution < 1.29 is 4.79 Å². The topological polar surface area (TPSA) is 52.6 Å². The summed E-state index contributed by atoms with van der Waals surface area (Å²) < 4.78 is 0. The minimum absolute atomic E-state index is 0.168. The van der Waals surface area contributed by atoms with E-state index in [9.17, 15) is 4.79 Å².